The first-order valence-electron chi connectivity index (χ1n) is 3.34. The van der Waals surface area contributed by atoms with Gasteiger partial charge in [0.2, 0.25) is 0 Å². The van der Waals surface area contributed by atoms with E-state index in [1.165, 1.54) is 12.1 Å². The van der Waals surface area contributed by atoms with Crippen LogP contribution in [-0.4, -0.2) is 3.97 Å². The Bertz CT molecular complexity index is 438. The number of hydrogen-bond donors (Lipinski definition) is 1. The summed E-state index contributed by atoms with van der Waals surface area (Å²) >= 11 is 7.49. The van der Waals surface area contributed by atoms with Gasteiger partial charge in [-0.1, -0.05) is 12.8 Å². The van der Waals surface area contributed by atoms with Crippen LogP contribution in [0.1, 0.15) is 0 Å². The van der Waals surface area contributed by atoms with Crippen LogP contribution in [-0.2, 0) is 0 Å². The van der Waals surface area contributed by atoms with E-state index in [-0.39, 0.29) is 5.82 Å². The molecule has 0 radical (unpaired) electrons. The Hall–Kier alpha value is -0.480. The number of fused-ring (bicyclic) bond motifs is 1. The van der Waals surface area contributed by atoms with Gasteiger partial charge in [0.25, 0.3) is 0 Å². The van der Waals surface area contributed by atoms with Gasteiger partial charge in [0.1, 0.15) is 5.82 Å². The molecule has 0 saturated heterocycles. The lowest BCUT2D eigenvalue weighted by Crippen LogP contribution is -1.78. The molecule has 0 spiro atoms. The molecule has 62 valence electrons. The molecule has 0 bridgehead atoms. The summed E-state index contributed by atoms with van der Waals surface area (Å²) in [4.78, 5) is 0. The van der Waals surface area contributed by atoms with Crippen LogP contribution in [0.2, 0.25) is 0 Å². The Labute approximate surface area is 82.9 Å². The third-order valence-electron chi connectivity index (χ3n) is 1.69. The monoisotopic (exact) mass is 245 g/mol. The van der Waals surface area contributed by atoms with Crippen molar-refractivity contribution >= 4 is 39.6 Å². The highest BCUT2D eigenvalue weighted by atomic mass is 79.9. The minimum Gasteiger partial charge on any atom is -0.280 e. The van der Waals surface area contributed by atoms with Crippen LogP contribution in [0, 0.1) is 5.82 Å². The molecular weight excluding hydrogens is 241 g/mol. The number of thiol groups is 1. The van der Waals surface area contributed by atoms with Crippen molar-refractivity contribution in [1.82, 2.24) is 3.97 Å². The zero-order valence-corrected chi connectivity index (χ0v) is 8.44. The van der Waals surface area contributed by atoms with Crippen LogP contribution < -0.4 is 0 Å². The van der Waals surface area contributed by atoms with Gasteiger partial charge in [0.15, 0.2) is 0 Å². The molecule has 0 saturated carbocycles. The normalized spacial score (nSPS) is 10.9. The minimum atomic E-state index is -0.228. The van der Waals surface area contributed by atoms with Gasteiger partial charge in [-0.3, -0.25) is 3.97 Å². The van der Waals surface area contributed by atoms with Crippen LogP contribution >= 0.6 is 28.7 Å². The topological polar surface area (TPSA) is 4.93 Å². The Morgan fingerprint density at radius 1 is 1.33 bits per heavy atom. The van der Waals surface area contributed by atoms with Gasteiger partial charge in [0, 0.05) is 5.39 Å². The Morgan fingerprint density at radius 3 is 2.83 bits per heavy atom. The summed E-state index contributed by atoms with van der Waals surface area (Å²) in [6.45, 7) is 0. The van der Waals surface area contributed by atoms with Crippen molar-refractivity contribution in [2.24, 2.45) is 0 Å². The summed E-state index contributed by atoms with van der Waals surface area (Å²) in [5, 5.41) is 0.844. The molecule has 4 heteroatoms. The fourth-order valence-corrected chi connectivity index (χ4v) is 1.82. The van der Waals surface area contributed by atoms with Crippen molar-refractivity contribution in [3.63, 3.8) is 0 Å². The Kier molecular flexibility index (Phi) is 1.88. The second-order valence-electron chi connectivity index (χ2n) is 2.48. The SMILES string of the molecule is Fc1ccc2c(c1)cc(Br)n2S. The molecule has 1 aromatic carbocycles. The lowest BCUT2D eigenvalue weighted by molar-refractivity contribution is 0.629. The van der Waals surface area contributed by atoms with E-state index in [2.05, 4.69) is 28.7 Å². The first-order chi connectivity index (χ1) is 5.68. The highest BCUT2D eigenvalue weighted by Crippen LogP contribution is 2.25. The van der Waals surface area contributed by atoms with E-state index in [0.717, 1.165) is 15.5 Å². The van der Waals surface area contributed by atoms with E-state index >= 15 is 0 Å². The lowest BCUT2D eigenvalue weighted by Gasteiger charge is -1.94. The van der Waals surface area contributed by atoms with Crippen LogP contribution in [0.25, 0.3) is 10.9 Å². The number of aromatic nitrogens is 1. The van der Waals surface area contributed by atoms with Gasteiger partial charge in [-0.25, -0.2) is 4.39 Å². The molecular formula is C8H5BrFNS. The number of nitrogens with zero attached hydrogens (tertiary/aromatic N) is 1. The van der Waals surface area contributed by atoms with Crippen molar-refractivity contribution in [1.29, 1.82) is 0 Å². The molecule has 1 heterocycles. The van der Waals surface area contributed by atoms with Crippen molar-refractivity contribution in [2.75, 3.05) is 0 Å². The van der Waals surface area contributed by atoms with Crippen LogP contribution in [0.3, 0.4) is 0 Å². The number of halogens is 2. The molecule has 12 heavy (non-hydrogen) atoms. The minimum absolute atomic E-state index is 0.228. The van der Waals surface area contributed by atoms with Crippen molar-refractivity contribution in [3.05, 3.63) is 34.7 Å². The molecule has 1 aromatic heterocycles. The number of benzene rings is 1. The van der Waals surface area contributed by atoms with Crippen LogP contribution in [0.5, 0.6) is 0 Å². The molecule has 0 N–H and O–H groups in total. The van der Waals surface area contributed by atoms with E-state index in [1.54, 1.807) is 10.0 Å². The predicted octanol–water partition coefficient (Wildman–Crippen LogP) is 3.24. The molecule has 0 fully saturated rings. The molecule has 0 aliphatic carbocycles. The number of hydrogen-bond acceptors (Lipinski definition) is 1. The van der Waals surface area contributed by atoms with Crippen molar-refractivity contribution < 1.29 is 4.39 Å². The molecule has 0 atom stereocenters. The summed E-state index contributed by atoms with van der Waals surface area (Å²) in [7, 11) is 0. The maximum absolute atomic E-state index is 12.7. The smallest absolute Gasteiger partial charge is 0.123 e. The molecule has 0 aliphatic heterocycles. The third-order valence-corrected chi connectivity index (χ3v) is 2.98. The lowest BCUT2D eigenvalue weighted by atomic mass is 10.2. The summed E-state index contributed by atoms with van der Waals surface area (Å²) in [5.74, 6) is -0.228. The predicted molar refractivity (Wildman–Crippen MR) is 54.0 cm³/mol. The Morgan fingerprint density at radius 2 is 2.08 bits per heavy atom. The zero-order chi connectivity index (χ0) is 8.72. The molecule has 1 nitrogen and oxygen atoms in total. The molecule has 0 amide bonds. The van der Waals surface area contributed by atoms with E-state index in [1.807, 2.05) is 6.07 Å². The molecule has 0 aliphatic rings. The summed E-state index contributed by atoms with van der Waals surface area (Å²) in [6.07, 6.45) is 0. The molecule has 2 rings (SSSR count). The van der Waals surface area contributed by atoms with Crippen LogP contribution in [0.15, 0.2) is 28.9 Å². The highest BCUT2D eigenvalue weighted by Gasteiger charge is 2.03. The fourth-order valence-electron chi connectivity index (χ4n) is 1.14. The van der Waals surface area contributed by atoms with Crippen molar-refractivity contribution in [3.8, 4) is 0 Å². The molecule has 0 unspecified atom stereocenters. The third kappa shape index (κ3) is 1.15. The van der Waals surface area contributed by atoms with Gasteiger partial charge >= 0.3 is 0 Å². The second kappa shape index (κ2) is 2.78. The van der Waals surface area contributed by atoms with Gasteiger partial charge in [-0.05, 0) is 40.2 Å². The van der Waals surface area contributed by atoms with E-state index in [9.17, 15) is 4.39 Å². The summed E-state index contributed by atoms with van der Waals surface area (Å²) < 4.78 is 15.2. The average molecular weight is 246 g/mol. The first kappa shape index (κ1) is 8.13. The van der Waals surface area contributed by atoms with Crippen molar-refractivity contribution in [2.45, 2.75) is 0 Å². The standard InChI is InChI=1S/C8H5BrFNS/c9-8-4-5-3-6(10)1-2-7(5)11(8)12/h1-4,12H. The highest BCUT2D eigenvalue weighted by molar-refractivity contribution is 9.10. The van der Waals surface area contributed by atoms with Gasteiger partial charge in [0.05, 0.1) is 10.1 Å². The molecule has 2 aromatic rings. The largest absolute Gasteiger partial charge is 0.280 e. The summed E-state index contributed by atoms with van der Waals surface area (Å²) in [5.41, 5.74) is 0.895. The van der Waals surface area contributed by atoms with Gasteiger partial charge in [-0.2, -0.15) is 0 Å². The van der Waals surface area contributed by atoms with Gasteiger partial charge < -0.3 is 0 Å². The maximum Gasteiger partial charge on any atom is 0.123 e. The summed E-state index contributed by atoms with van der Waals surface area (Å²) in [6, 6.07) is 6.42. The number of rotatable bonds is 0. The average Bonchev–Trinajstić information content (AvgIpc) is 2.28. The van der Waals surface area contributed by atoms with Gasteiger partial charge in [-0.15, -0.1) is 0 Å². The quantitative estimate of drug-likeness (QED) is 0.681. The first-order valence-corrected chi connectivity index (χ1v) is 4.53. The maximum atomic E-state index is 12.7. The zero-order valence-electron chi connectivity index (χ0n) is 5.96. The van der Waals surface area contributed by atoms with E-state index in [0.29, 0.717) is 0 Å². The van der Waals surface area contributed by atoms with E-state index < -0.39 is 0 Å². The second-order valence-corrected chi connectivity index (χ2v) is 3.69. The Balaban J connectivity index is 2.87. The van der Waals surface area contributed by atoms with Crippen LogP contribution in [0.4, 0.5) is 4.39 Å². The fraction of sp³-hybridized carbons (Fsp3) is 0. The van der Waals surface area contributed by atoms with E-state index in [4.69, 9.17) is 0 Å².